The molecule has 4 amide bonds. The van der Waals surface area contributed by atoms with E-state index in [0.717, 1.165) is 62.5 Å². The molecule has 47 heavy (non-hydrogen) atoms. The van der Waals surface area contributed by atoms with E-state index in [4.69, 9.17) is 9.47 Å². The summed E-state index contributed by atoms with van der Waals surface area (Å²) in [6.45, 7) is 6.81. The molecule has 0 radical (unpaired) electrons. The van der Waals surface area contributed by atoms with Gasteiger partial charge in [-0.15, -0.1) is 0 Å². The average Bonchev–Trinajstić information content (AvgIpc) is 3.64. The molecular formula is C34H51BN4O8. The molecule has 13 heteroatoms. The number of carbonyl (C=O) groups excluding carboxylic acids is 4. The number of benzene rings is 1. The number of hydrogen-bond acceptors (Lipinski definition) is 8. The number of likely N-dealkylation sites (tertiary alicyclic amines) is 1. The molecule has 0 unspecified atom stereocenters. The molecular weight excluding hydrogens is 603 g/mol. The molecule has 5 rings (SSSR count). The van der Waals surface area contributed by atoms with Crippen LogP contribution in [0.2, 0.25) is 0 Å². The molecule has 0 spiro atoms. The fraction of sp³-hybridized carbons (Fsp3) is 0.706. The summed E-state index contributed by atoms with van der Waals surface area (Å²) in [6.07, 6.45) is 5.86. The summed E-state index contributed by atoms with van der Waals surface area (Å²) < 4.78 is 11.4. The van der Waals surface area contributed by atoms with Crippen molar-refractivity contribution in [2.75, 3.05) is 13.2 Å². The summed E-state index contributed by atoms with van der Waals surface area (Å²) >= 11 is 0. The van der Waals surface area contributed by atoms with E-state index in [0.29, 0.717) is 25.4 Å². The standard InChI is InChI=1S/C34H51BN4O8/c1-34(2,3)21-46-32(42)37-29(23-12-5-4-6-13-23)31(41)39-20-26(47-33(43)38-18-24-14-7-8-15-25(24)19-38)17-27(39)30(40)36-28(35(44)45)16-22-10-9-11-22/h7-8,14-15,22-23,26-29,44-45H,4-6,9-13,16-21H2,1-3H3,(H,36,40)(H,37,42)/t26-,27+,28+,29+/m1/s1. The molecule has 3 fully saturated rings. The highest BCUT2D eigenvalue weighted by Gasteiger charge is 2.47. The van der Waals surface area contributed by atoms with Crippen LogP contribution < -0.4 is 10.6 Å². The maximum absolute atomic E-state index is 14.4. The van der Waals surface area contributed by atoms with E-state index >= 15 is 0 Å². The quantitative estimate of drug-likeness (QED) is 0.279. The lowest BCUT2D eigenvalue weighted by molar-refractivity contribution is -0.141. The second kappa shape index (κ2) is 15.3. The largest absolute Gasteiger partial charge is 0.475 e. The Morgan fingerprint density at radius 3 is 2.19 bits per heavy atom. The third kappa shape index (κ3) is 9.19. The van der Waals surface area contributed by atoms with Crippen LogP contribution in [0.4, 0.5) is 9.59 Å². The molecule has 2 aliphatic carbocycles. The van der Waals surface area contributed by atoms with Crippen molar-refractivity contribution in [3.8, 4) is 0 Å². The van der Waals surface area contributed by atoms with Gasteiger partial charge in [0, 0.05) is 19.5 Å². The number of alkyl carbamates (subject to hydrolysis) is 1. The minimum Gasteiger partial charge on any atom is -0.449 e. The van der Waals surface area contributed by atoms with Crippen molar-refractivity contribution >= 4 is 31.1 Å². The number of hydrogen-bond donors (Lipinski definition) is 4. The molecule has 1 saturated heterocycles. The highest BCUT2D eigenvalue weighted by atomic mass is 16.6. The molecule has 4 N–H and O–H groups in total. The molecule has 1 aromatic rings. The van der Waals surface area contributed by atoms with Crippen molar-refractivity contribution in [2.45, 2.75) is 122 Å². The number of fused-ring (bicyclic) bond motifs is 1. The van der Waals surface area contributed by atoms with Gasteiger partial charge < -0.3 is 35.1 Å². The first-order chi connectivity index (χ1) is 22.4. The second-order valence-electron chi connectivity index (χ2n) is 15.1. The van der Waals surface area contributed by atoms with E-state index in [1.54, 1.807) is 4.90 Å². The maximum atomic E-state index is 14.4. The van der Waals surface area contributed by atoms with Crippen LogP contribution >= 0.6 is 0 Å². The Bertz CT molecular complexity index is 1250. The number of ether oxygens (including phenoxy) is 2. The van der Waals surface area contributed by atoms with Crippen LogP contribution in [0.1, 0.15) is 96.1 Å². The summed E-state index contributed by atoms with van der Waals surface area (Å²) in [7, 11) is -1.76. The normalized spacial score (nSPS) is 22.9. The van der Waals surface area contributed by atoms with E-state index in [9.17, 15) is 29.2 Å². The molecule has 258 valence electrons. The van der Waals surface area contributed by atoms with Gasteiger partial charge in [0.2, 0.25) is 11.8 Å². The zero-order chi connectivity index (χ0) is 33.7. The molecule has 0 aromatic heterocycles. The Kier molecular flexibility index (Phi) is 11.4. The molecule has 4 atom stereocenters. The Morgan fingerprint density at radius 2 is 1.62 bits per heavy atom. The summed E-state index contributed by atoms with van der Waals surface area (Å²) in [5.41, 5.74) is 1.83. The van der Waals surface area contributed by atoms with Crippen molar-refractivity contribution in [3.05, 3.63) is 35.4 Å². The van der Waals surface area contributed by atoms with E-state index in [1.807, 2.05) is 45.0 Å². The van der Waals surface area contributed by atoms with Crippen molar-refractivity contribution in [3.63, 3.8) is 0 Å². The fourth-order valence-corrected chi connectivity index (χ4v) is 7.15. The number of nitrogens with zero attached hydrogens (tertiary/aromatic N) is 2. The van der Waals surface area contributed by atoms with Gasteiger partial charge in [0.1, 0.15) is 18.2 Å². The minimum atomic E-state index is -1.76. The zero-order valence-electron chi connectivity index (χ0n) is 28.0. The summed E-state index contributed by atoms with van der Waals surface area (Å²) in [6, 6.07) is 5.84. The van der Waals surface area contributed by atoms with E-state index in [2.05, 4.69) is 10.6 Å². The molecule has 12 nitrogen and oxygen atoms in total. The Balaban J connectivity index is 1.33. The van der Waals surface area contributed by atoms with Gasteiger partial charge in [0.05, 0.1) is 19.1 Å². The predicted octanol–water partition coefficient (Wildman–Crippen LogP) is 3.52. The van der Waals surface area contributed by atoms with Gasteiger partial charge in [0.25, 0.3) is 0 Å². The van der Waals surface area contributed by atoms with Crippen molar-refractivity contribution in [1.82, 2.24) is 20.4 Å². The van der Waals surface area contributed by atoms with Crippen molar-refractivity contribution < 1.29 is 38.7 Å². The van der Waals surface area contributed by atoms with Crippen LogP contribution in [-0.2, 0) is 32.2 Å². The fourth-order valence-electron chi connectivity index (χ4n) is 7.15. The summed E-state index contributed by atoms with van der Waals surface area (Å²) in [5, 5.41) is 25.8. The smallest absolute Gasteiger partial charge is 0.449 e. The first kappa shape index (κ1) is 35.0. The first-order valence-corrected chi connectivity index (χ1v) is 17.3. The van der Waals surface area contributed by atoms with Crippen LogP contribution in [0.3, 0.4) is 0 Å². The molecule has 4 aliphatic rings. The third-order valence-corrected chi connectivity index (χ3v) is 10.0. The van der Waals surface area contributed by atoms with Gasteiger partial charge in [-0.05, 0) is 47.6 Å². The SMILES string of the molecule is CC(C)(C)COC(=O)N[C@H](C(=O)N1C[C@H](OC(=O)N2Cc3ccccc3C2)C[C@H]1C(=O)N[C@@H](CC1CCC1)B(O)O)C1CCCCC1. The zero-order valence-corrected chi connectivity index (χ0v) is 28.0. The topological polar surface area (TPSA) is 158 Å². The lowest BCUT2D eigenvalue weighted by Crippen LogP contribution is -2.58. The molecule has 2 aliphatic heterocycles. The summed E-state index contributed by atoms with van der Waals surface area (Å²) in [5.74, 6) is -1.72. The summed E-state index contributed by atoms with van der Waals surface area (Å²) in [4.78, 5) is 57.5. The van der Waals surface area contributed by atoms with Crippen LogP contribution in [-0.4, -0.2) is 88.2 Å². The average molecular weight is 655 g/mol. The predicted molar refractivity (Wildman–Crippen MR) is 174 cm³/mol. The van der Waals surface area contributed by atoms with Crippen LogP contribution in [0.25, 0.3) is 0 Å². The van der Waals surface area contributed by atoms with Gasteiger partial charge in [0.15, 0.2) is 0 Å². The number of nitrogens with one attached hydrogen (secondary N) is 2. The Labute approximate surface area is 278 Å². The van der Waals surface area contributed by atoms with Gasteiger partial charge in [-0.25, -0.2) is 9.59 Å². The molecule has 1 aromatic carbocycles. The highest BCUT2D eigenvalue weighted by molar-refractivity contribution is 6.43. The molecule has 2 saturated carbocycles. The van der Waals surface area contributed by atoms with Gasteiger partial charge >= 0.3 is 19.3 Å². The first-order valence-electron chi connectivity index (χ1n) is 17.3. The highest BCUT2D eigenvalue weighted by Crippen LogP contribution is 2.33. The molecule has 0 bridgehead atoms. The second-order valence-corrected chi connectivity index (χ2v) is 15.1. The Morgan fingerprint density at radius 1 is 0.957 bits per heavy atom. The monoisotopic (exact) mass is 654 g/mol. The van der Waals surface area contributed by atoms with Crippen molar-refractivity contribution in [1.29, 1.82) is 0 Å². The molecule has 2 heterocycles. The maximum Gasteiger partial charge on any atom is 0.475 e. The number of rotatable bonds is 10. The Hall–Kier alpha value is -3.32. The lowest BCUT2D eigenvalue weighted by Gasteiger charge is -2.35. The van der Waals surface area contributed by atoms with Crippen molar-refractivity contribution in [2.24, 2.45) is 17.3 Å². The van der Waals surface area contributed by atoms with E-state index < -0.39 is 55.2 Å². The lowest BCUT2D eigenvalue weighted by atomic mass is 9.69. The van der Waals surface area contributed by atoms with Crippen LogP contribution in [0.15, 0.2) is 24.3 Å². The van der Waals surface area contributed by atoms with Crippen LogP contribution in [0.5, 0.6) is 0 Å². The van der Waals surface area contributed by atoms with Crippen LogP contribution in [0, 0.1) is 17.3 Å². The number of amides is 4. The third-order valence-electron chi connectivity index (χ3n) is 10.0. The van der Waals surface area contributed by atoms with Gasteiger partial charge in [-0.3, -0.25) is 14.5 Å². The van der Waals surface area contributed by atoms with E-state index in [1.165, 1.54) is 4.90 Å². The minimum absolute atomic E-state index is 0.0274. The van der Waals surface area contributed by atoms with Gasteiger partial charge in [-0.1, -0.05) is 83.6 Å². The van der Waals surface area contributed by atoms with Gasteiger partial charge in [-0.2, -0.15) is 0 Å². The van der Waals surface area contributed by atoms with E-state index in [-0.39, 0.29) is 30.9 Å². The number of carbonyl (C=O) groups is 4.